The molecule has 0 aromatic carbocycles. The zero-order valence-corrected chi connectivity index (χ0v) is 17.1. The topological polar surface area (TPSA) is 77.0 Å². The van der Waals surface area contributed by atoms with Crippen LogP contribution in [0.1, 0.15) is 48.2 Å². The van der Waals surface area contributed by atoms with Crippen molar-refractivity contribution >= 4 is 17.6 Å². The number of piperidine rings is 2. The third kappa shape index (κ3) is 3.39. The maximum Gasteiger partial charge on any atom is 0.272 e. The van der Waals surface area contributed by atoms with Gasteiger partial charge in [0.2, 0.25) is 5.91 Å². The second-order valence-corrected chi connectivity index (χ2v) is 9.43. The predicted molar refractivity (Wildman–Crippen MR) is 109 cm³/mol. The molecule has 1 spiro atoms. The molecule has 7 nitrogen and oxygen atoms in total. The normalized spacial score (nSPS) is 26.2. The van der Waals surface area contributed by atoms with Crippen molar-refractivity contribution in [2.75, 3.05) is 44.7 Å². The number of hydrogen-bond acceptors (Lipinski definition) is 5. The van der Waals surface area contributed by atoms with Crippen molar-refractivity contribution in [3.63, 3.8) is 0 Å². The Bertz CT molecular complexity index is 827. The van der Waals surface area contributed by atoms with Gasteiger partial charge in [0, 0.05) is 39.8 Å². The van der Waals surface area contributed by atoms with Crippen LogP contribution in [0.5, 0.6) is 0 Å². The number of likely N-dealkylation sites (N-methyl/N-ethyl adjacent to an activating group) is 1. The lowest BCUT2D eigenvalue weighted by molar-refractivity contribution is -0.156. The largest absolute Gasteiger partial charge is 0.391 e. The Kier molecular flexibility index (Phi) is 4.53. The van der Waals surface area contributed by atoms with E-state index in [0.717, 1.165) is 25.3 Å². The number of aromatic nitrogens is 1. The van der Waals surface area contributed by atoms with Crippen molar-refractivity contribution in [3.05, 3.63) is 23.4 Å². The fraction of sp³-hybridized carbons (Fsp3) is 0.682. The summed E-state index contributed by atoms with van der Waals surface area (Å²) in [6, 6.07) is 3.85. The van der Waals surface area contributed by atoms with Crippen LogP contribution in [0.2, 0.25) is 0 Å². The molecule has 1 aliphatic carbocycles. The third-order valence-electron chi connectivity index (χ3n) is 7.23. The van der Waals surface area contributed by atoms with Crippen molar-refractivity contribution in [1.29, 1.82) is 0 Å². The summed E-state index contributed by atoms with van der Waals surface area (Å²) in [5, 5.41) is 10.4. The predicted octanol–water partition coefficient (Wildman–Crippen LogP) is 1.30. The number of pyridine rings is 1. The molecule has 1 atom stereocenters. The second-order valence-electron chi connectivity index (χ2n) is 9.43. The lowest BCUT2D eigenvalue weighted by Gasteiger charge is -2.48. The van der Waals surface area contributed by atoms with Gasteiger partial charge in [-0.15, -0.1) is 0 Å². The van der Waals surface area contributed by atoms with Gasteiger partial charge < -0.3 is 19.8 Å². The molecule has 156 valence electrons. The van der Waals surface area contributed by atoms with Crippen molar-refractivity contribution in [3.8, 4) is 0 Å². The summed E-state index contributed by atoms with van der Waals surface area (Å²) in [6.45, 7) is 3.28. The van der Waals surface area contributed by atoms with Crippen LogP contribution < -0.4 is 4.90 Å². The molecule has 3 fully saturated rings. The van der Waals surface area contributed by atoms with Gasteiger partial charge in [-0.2, -0.15) is 0 Å². The molecule has 1 aromatic heterocycles. The molecule has 0 bridgehead atoms. The van der Waals surface area contributed by atoms with Gasteiger partial charge in [-0.1, -0.05) is 6.07 Å². The van der Waals surface area contributed by atoms with Gasteiger partial charge in [-0.3, -0.25) is 9.59 Å². The van der Waals surface area contributed by atoms with E-state index in [4.69, 9.17) is 0 Å². The Balaban J connectivity index is 1.27. The minimum atomic E-state index is -0.505. The van der Waals surface area contributed by atoms with E-state index in [9.17, 15) is 14.7 Å². The second kappa shape index (κ2) is 6.97. The summed E-state index contributed by atoms with van der Waals surface area (Å²) in [5.41, 5.74) is 1.17. The van der Waals surface area contributed by atoms with Gasteiger partial charge in [-0.25, -0.2) is 4.98 Å². The Hall–Kier alpha value is -2.15. The fourth-order valence-corrected chi connectivity index (χ4v) is 5.28. The van der Waals surface area contributed by atoms with E-state index in [1.807, 2.05) is 29.0 Å². The van der Waals surface area contributed by atoms with Crippen LogP contribution in [0.15, 0.2) is 12.1 Å². The number of rotatable bonds is 3. The number of likely N-dealkylation sites (tertiary alicyclic amines) is 2. The molecule has 2 saturated heterocycles. The number of aliphatic hydroxyl groups is 1. The number of hydrogen-bond donors (Lipinski definition) is 1. The smallest absolute Gasteiger partial charge is 0.272 e. The first-order chi connectivity index (χ1) is 13.9. The molecule has 7 heteroatoms. The van der Waals surface area contributed by atoms with Crippen LogP contribution in [-0.2, 0) is 11.2 Å². The number of carbonyl (C=O) groups is 2. The van der Waals surface area contributed by atoms with Crippen LogP contribution in [0.4, 0.5) is 5.82 Å². The Labute approximate surface area is 171 Å². The maximum atomic E-state index is 13.2. The van der Waals surface area contributed by atoms with Gasteiger partial charge in [0.15, 0.2) is 0 Å². The van der Waals surface area contributed by atoms with Crippen LogP contribution in [0.3, 0.4) is 0 Å². The highest BCUT2D eigenvalue weighted by Crippen LogP contribution is 2.42. The molecule has 3 aliphatic heterocycles. The van der Waals surface area contributed by atoms with Crippen LogP contribution in [-0.4, -0.2) is 77.6 Å². The van der Waals surface area contributed by atoms with Crippen molar-refractivity contribution in [2.45, 2.75) is 44.6 Å². The summed E-state index contributed by atoms with van der Waals surface area (Å²) in [4.78, 5) is 36.7. The summed E-state index contributed by atoms with van der Waals surface area (Å²) in [5.74, 6) is 1.67. The third-order valence-corrected chi connectivity index (χ3v) is 7.23. The van der Waals surface area contributed by atoms with E-state index < -0.39 is 11.5 Å². The molecule has 5 rings (SSSR count). The van der Waals surface area contributed by atoms with E-state index in [2.05, 4.69) is 9.88 Å². The van der Waals surface area contributed by atoms with E-state index in [1.165, 1.54) is 18.4 Å². The number of β-amino-alcohol motifs (C(OH)–C–C–N with tert-alkyl or cyclic N) is 1. The molecule has 1 N–H and O–H groups in total. The van der Waals surface area contributed by atoms with Crippen LogP contribution in [0.25, 0.3) is 0 Å². The van der Waals surface area contributed by atoms with Crippen molar-refractivity contribution < 1.29 is 14.7 Å². The van der Waals surface area contributed by atoms with Gasteiger partial charge in [0.05, 0.1) is 11.5 Å². The van der Waals surface area contributed by atoms with Crippen molar-refractivity contribution in [2.24, 2.45) is 11.3 Å². The van der Waals surface area contributed by atoms with Crippen molar-refractivity contribution in [1.82, 2.24) is 14.8 Å². The van der Waals surface area contributed by atoms with Crippen LogP contribution in [0, 0.1) is 11.3 Å². The monoisotopic (exact) mass is 398 g/mol. The molecule has 2 amide bonds. The zero-order valence-electron chi connectivity index (χ0n) is 17.1. The first-order valence-corrected chi connectivity index (χ1v) is 10.9. The highest BCUT2D eigenvalue weighted by atomic mass is 16.3. The first kappa shape index (κ1) is 18.9. The molecule has 4 aliphatic rings. The minimum Gasteiger partial charge on any atom is -0.391 e. The van der Waals surface area contributed by atoms with Gasteiger partial charge in [-0.05, 0) is 56.1 Å². The van der Waals surface area contributed by atoms with E-state index in [0.29, 0.717) is 50.5 Å². The number of amides is 2. The number of anilines is 1. The zero-order chi connectivity index (χ0) is 20.2. The molecule has 29 heavy (non-hydrogen) atoms. The Morgan fingerprint density at radius 1 is 1.24 bits per heavy atom. The lowest BCUT2D eigenvalue weighted by atomic mass is 9.70. The number of aliphatic hydroxyl groups excluding tert-OH is 1. The number of nitrogens with zero attached hydrogens (tertiary/aromatic N) is 4. The Morgan fingerprint density at radius 3 is 2.72 bits per heavy atom. The van der Waals surface area contributed by atoms with Crippen LogP contribution >= 0.6 is 0 Å². The summed E-state index contributed by atoms with van der Waals surface area (Å²) in [6.07, 6.45) is 4.68. The SMILES string of the molecule is CN1CCc2ccc(C(=O)N3CCC4(CC3)CC(O)CN(CC3CC3)C4=O)nc21. The Morgan fingerprint density at radius 2 is 2.00 bits per heavy atom. The molecule has 0 radical (unpaired) electrons. The van der Waals surface area contributed by atoms with Gasteiger partial charge in [0.1, 0.15) is 11.5 Å². The fourth-order valence-electron chi connectivity index (χ4n) is 5.28. The molecular weight excluding hydrogens is 368 g/mol. The average molecular weight is 399 g/mol. The number of fused-ring (bicyclic) bond motifs is 1. The maximum absolute atomic E-state index is 13.2. The quantitative estimate of drug-likeness (QED) is 0.831. The highest BCUT2D eigenvalue weighted by molar-refractivity contribution is 5.93. The molecule has 1 aromatic rings. The van der Waals surface area contributed by atoms with E-state index in [1.54, 1.807) is 0 Å². The first-order valence-electron chi connectivity index (χ1n) is 10.9. The van der Waals surface area contributed by atoms with Gasteiger partial charge in [0.25, 0.3) is 5.91 Å². The van der Waals surface area contributed by atoms with E-state index in [-0.39, 0.29) is 11.8 Å². The molecule has 1 unspecified atom stereocenters. The number of carbonyl (C=O) groups excluding carboxylic acids is 2. The average Bonchev–Trinajstić information content (AvgIpc) is 3.46. The standard InChI is InChI=1S/C22H30N4O3/c1-24-9-6-16-4-5-18(23-19(16)24)20(28)25-10-7-22(8-11-25)12-17(27)14-26(21(22)29)13-15-2-3-15/h4-5,15,17,27H,2-3,6-14H2,1H3. The molecule has 1 saturated carbocycles. The summed E-state index contributed by atoms with van der Waals surface area (Å²) in [7, 11) is 2.01. The van der Waals surface area contributed by atoms with Gasteiger partial charge >= 0.3 is 0 Å². The summed E-state index contributed by atoms with van der Waals surface area (Å²) < 4.78 is 0. The lowest BCUT2D eigenvalue weighted by Crippen LogP contribution is -2.58. The molecular formula is C22H30N4O3. The summed E-state index contributed by atoms with van der Waals surface area (Å²) >= 11 is 0. The minimum absolute atomic E-state index is 0.0541. The highest BCUT2D eigenvalue weighted by Gasteiger charge is 2.49. The molecule has 4 heterocycles. The van der Waals surface area contributed by atoms with E-state index >= 15 is 0 Å².